The molecule has 24 heavy (non-hydrogen) atoms. The Morgan fingerprint density at radius 3 is 2.21 bits per heavy atom. The van der Waals surface area contributed by atoms with E-state index < -0.39 is 0 Å². The lowest BCUT2D eigenvalue weighted by Crippen LogP contribution is -2.53. The molecule has 0 unspecified atom stereocenters. The fourth-order valence-corrected chi connectivity index (χ4v) is 2.76. The van der Waals surface area contributed by atoms with Crippen molar-refractivity contribution >= 4 is 23.5 Å². The Morgan fingerprint density at radius 2 is 1.67 bits per heavy atom. The Kier molecular flexibility index (Phi) is 6.31. The first-order valence-corrected chi connectivity index (χ1v) is 8.44. The second-order valence-electron chi connectivity index (χ2n) is 5.94. The van der Waals surface area contributed by atoms with Gasteiger partial charge in [0.2, 0.25) is 5.91 Å². The molecule has 1 aromatic rings. The van der Waals surface area contributed by atoms with E-state index >= 15 is 0 Å². The minimum absolute atomic E-state index is 0.0528. The van der Waals surface area contributed by atoms with Crippen LogP contribution in [0.4, 0.5) is 4.79 Å². The van der Waals surface area contributed by atoms with Crippen LogP contribution in [-0.4, -0.2) is 61.1 Å². The predicted octanol–water partition coefficient (Wildman–Crippen LogP) is 2.21. The molecule has 0 bridgehead atoms. The lowest BCUT2D eigenvalue weighted by molar-refractivity contribution is -0.130. The van der Waals surface area contributed by atoms with E-state index in [2.05, 4.69) is 5.32 Å². The SMILES string of the molecule is CC(=O)N1CCN(C(=O)NCCOc2cc(C)c(Cl)c(C)c2)CC1. The van der Waals surface area contributed by atoms with Crippen LogP contribution in [0.3, 0.4) is 0 Å². The molecule has 1 heterocycles. The molecule has 0 aromatic heterocycles. The highest BCUT2D eigenvalue weighted by atomic mass is 35.5. The molecule has 132 valence electrons. The molecule has 0 aliphatic carbocycles. The van der Waals surface area contributed by atoms with Crippen LogP contribution in [0.15, 0.2) is 12.1 Å². The van der Waals surface area contributed by atoms with Crippen LogP contribution in [0.1, 0.15) is 18.1 Å². The number of nitrogens with one attached hydrogen (secondary N) is 1. The van der Waals surface area contributed by atoms with Gasteiger partial charge in [0.05, 0.1) is 6.54 Å². The molecular weight excluding hydrogens is 330 g/mol. The summed E-state index contributed by atoms with van der Waals surface area (Å²) in [5.41, 5.74) is 1.94. The molecule has 1 fully saturated rings. The molecule has 1 saturated heterocycles. The van der Waals surface area contributed by atoms with E-state index in [-0.39, 0.29) is 11.9 Å². The standard InChI is InChI=1S/C17H24ClN3O3/c1-12-10-15(11-13(2)16(12)18)24-9-4-19-17(23)21-7-5-20(6-8-21)14(3)22/h10-11H,4-9H2,1-3H3,(H,19,23). The third kappa shape index (κ3) is 4.77. The topological polar surface area (TPSA) is 61.9 Å². The fraction of sp³-hybridized carbons (Fsp3) is 0.529. The van der Waals surface area contributed by atoms with Gasteiger partial charge in [0, 0.05) is 38.1 Å². The van der Waals surface area contributed by atoms with Crippen molar-refractivity contribution in [2.24, 2.45) is 0 Å². The number of piperazine rings is 1. The zero-order valence-corrected chi connectivity index (χ0v) is 15.2. The van der Waals surface area contributed by atoms with Crippen molar-refractivity contribution in [1.29, 1.82) is 0 Å². The molecule has 1 aromatic carbocycles. The summed E-state index contributed by atoms with van der Waals surface area (Å²) in [6, 6.07) is 3.65. The van der Waals surface area contributed by atoms with Crippen LogP contribution in [0.2, 0.25) is 5.02 Å². The van der Waals surface area contributed by atoms with Gasteiger partial charge >= 0.3 is 6.03 Å². The summed E-state index contributed by atoms with van der Waals surface area (Å²) in [5.74, 6) is 0.802. The van der Waals surface area contributed by atoms with Gasteiger partial charge in [0.1, 0.15) is 12.4 Å². The molecule has 2 rings (SSSR count). The van der Waals surface area contributed by atoms with Crippen molar-refractivity contribution in [3.8, 4) is 5.75 Å². The first-order valence-electron chi connectivity index (χ1n) is 8.06. The number of carbonyl (C=O) groups excluding carboxylic acids is 2. The number of urea groups is 1. The van der Waals surface area contributed by atoms with E-state index in [0.717, 1.165) is 21.9 Å². The number of rotatable bonds is 4. The zero-order chi connectivity index (χ0) is 17.7. The predicted molar refractivity (Wildman–Crippen MR) is 93.6 cm³/mol. The van der Waals surface area contributed by atoms with Crippen molar-refractivity contribution in [2.45, 2.75) is 20.8 Å². The number of hydrogen-bond acceptors (Lipinski definition) is 3. The number of amides is 3. The van der Waals surface area contributed by atoms with Crippen LogP contribution in [0.25, 0.3) is 0 Å². The van der Waals surface area contributed by atoms with Crippen molar-refractivity contribution in [3.63, 3.8) is 0 Å². The van der Waals surface area contributed by atoms with E-state index in [4.69, 9.17) is 16.3 Å². The first-order chi connectivity index (χ1) is 11.4. The number of hydrogen-bond donors (Lipinski definition) is 1. The molecule has 0 saturated carbocycles. The van der Waals surface area contributed by atoms with Crippen LogP contribution < -0.4 is 10.1 Å². The number of ether oxygens (including phenoxy) is 1. The Balaban J connectivity index is 1.71. The van der Waals surface area contributed by atoms with Gasteiger partial charge in [0.15, 0.2) is 0 Å². The Labute approximate surface area is 147 Å². The number of benzene rings is 1. The van der Waals surface area contributed by atoms with Crippen molar-refractivity contribution in [2.75, 3.05) is 39.3 Å². The van der Waals surface area contributed by atoms with E-state index in [1.165, 1.54) is 0 Å². The molecule has 0 radical (unpaired) electrons. The minimum atomic E-state index is -0.120. The second-order valence-corrected chi connectivity index (χ2v) is 6.32. The molecule has 7 heteroatoms. The molecule has 1 aliphatic rings. The van der Waals surface area contributed by atoms with E-state index in [9.17, 15) is 9.59 Å². The van der Waals surface area contributed by atoms with E-state index in [0.29, 0.717) is 39.3 Å². The highest BCUT2D eigenvalue weighted by Crippen LogP contribution is 2.25. The van der Waals surface area contributed by atoms with E-state index in [1.807, 2.05) is 26.0 Å². The quantitative estimate of drug-likeness (QED) is 0.844. The summed E-state index contributed by atoms with van der Waals surface area (Å²) in [6.45, 7) is 8.52. The summed E-state index contributed by atoms with van der Waals surface area (Å²) in [7, 11) is 0. The van der Waals surface area contributed by atoms with Crippen molar-refractivity contribution < 1.29 is 14.3 Å². The second kappa shape index (κ2) is 8.24. The maximum absolute atomic E-state index is 12.1. The summed E-state index contributed by atoms with van der Waals surface area (Å²) >= 11 is 6.13. The normalized spacial score (nSPS) is 14.5. The summed E-state index contributed by atoms with van der Waals surface area (Å²) in [4.78, 5) is 26.8. The van der Waals surface area contributed by atoms with Gasteiger partial charge in [-0.25, -0.2) is 4.79 Å². The van der Waals surface area contributed by atoms with Gasteiger partial charge in [-0.2, -0.15) is 0 Å². The summed E-state index contributed by atoms with van der Waals surface area (Å²) < 4.78 is 5.66. The minimum Gasteiger partial charge on any atom is -0.492 e. The largest absolute Gasteiger partial charge is 0.492 e. The van der Waals surface area contributed by atoms with E-state index in [1.54, 1.807) is 16.7 Å². The molecule has 1 aliphatic heterocycles. The molecular formula is C17H24ClN3O3. The Hall–Kier alpha value is -1.95. The van der Waals surface area contributed by atoms with Crippen LogP contribution in [-0.2, 0) is 4.79 Å². The molecule has 3 amide bonds. The highest BCUT2D eigenvalue weighted by molar-refractivity contribution is 6.32. The Bertz CT molecular complexity index is 590. The lowest BCUT2D eigenvalue weighted by Gasteiger charge is -2.34. The lowest BCUT2D eigenvalue weighted by atomic mass is 10.1. The van der Waals surface area contributed by atoms with Gasteiger partial charge < -0.3 is 19.9 Å². The fourth-order valence-electron chi connectivity index (χ4n) is 2.65. The summed E-state index contributed by atoms with van der Waals surface area (Å²) in [5, 5.41) is 3.59. The van der Waals surface area contributed by atoms with Gasteiger partial charge in [-0.1, -0.05) is 11.6 Å². The third-order valence-electron chi connectivity index (χ3n) is 4.07. The maximum Gasteiger partial charge on any atom is 0.317 e. The molecule has 0 atom stereocenters. The van der Waals surface area contributed by atoms with Gasteiger partial charge in [-0.15, -0.1) is 0 Å². The molecule has 1 N–H and O–H groups in total. The smallest absolute Gasteiger partial charge is 0.317 e. The average Bonchev–Trinajstić information content (AvgIpc) is 2.56. The third-order valence-corrected chi connectivity index (χ3v) is 4.67. The number of halogens is 1. The highest BCUT2D eigenvalue weighted by Gasteiger charge is 2.21. The first kappa shape index (κ1) is 18.4. The van der Waals surface area contributed by atoms with Crippen molar-refractivity contribution in [3.05, 3.63) is 28.3 Å². The number of carbonyl (C=O) groups is 2. The number of aryl methyl sites for hydroxylation is 2. The number of nitrogens with zero attached hydrogens (tertiary/aromatic N) is 2. The van der Waals surface area contributed by atoms with Gasteiger partial charge in [-0.05, 0) is 37.1 Å². The van der Waals surface area contributed by atoms with Crippen LogP contribution >= 0.6 is 11.6 Å². The Morgan fingerprint density at radius 1 is 1.12 bits per heavy atom. The van der Waals surface area contributed by atoms with Gasteiger partial charge in [0.25, 0.3) is 0 Å². The maximum atomic E-state index is 12.1. The average molecular weight is 354 g/mol. The monoisotopic (exact) mass is 353 g/mol. The van der Waals surface area contributed by atoms with Crippen molar-refractivity contribution in [1.82, 2.24) is 15.1 Å². The molecule has 0 spiro atoms. The van der Waals surface area contributed by atoms with Crippen LogP contribution in [0.5, 0.6) is 5.75 Å². The van der Waals surface area contributed by atoms with Crippen LogP contribution in [0, 0.1) is 13.8 Å². The zero-order valence-electron chi connectivity index (χ0n) is 14.4. The summed E-state index contributed by atoms with van der Waals surface area (Å²) in [6.07, 6.45) is 0. The molecule has 6 nitrogen and oxygen atoms in total. The van der Waals surface area contributed by atoms with Gasteiger partial charge in [-0.3, -0.25) is 4.79 Å².